The average molecular weight is 372 g/mol. The van der Waals surface area contributed by atoms with Crippen molar-refractivity contribution in [3.8, 4) is 0 Å². The van der Waals surface area contributed by atoms with Gasteiger partial charge in [-0.1, -0.05) is 12.1 Å². The molecule has 0 aliphatic carbocycles. The van der Waals surface area contributed by atoms with Crippen molar-refractivity contribution in [1.82, 2.24) is 40.1 Å². The van der Waals surface area contributed by atoms with Crippen molar-refractivity contribution in [3.63, 3.8) is 0 Å². The normalized spacial score (nSPS) is 17.5. The predicted molar refractivity (Wildman–Crippen MR) is 92.5 cm³/mol. The standard InChI is InChI=1S/C16H20N8O3/c1-26-8-7-23-16(17-20-21-23)14-10-22(6-9-27-14)15(25)11-24-18-12-4-2-3-5-13(12)19-24/h2-5,14H,6-11H2,1H3/t14-/m0/s1. The number of carbonyl (C=O) groups is 1. The summed E-state index contributed by atoms with van der Waals surface area (Å²) in [6.45, 7) is 2.41. The van der Waals surface area contributed by atoms with Crippen LogP contribution in [0, 0.1) is 0 Å². The number of methoxy groups -OCH3 is 1. The van der Waals surface area contributed by atoms with Gasteiger partial charge in [-0.3, -0.25) is 4.79 Å². The Hall–Kier alpha value is -2.92. The van der Waals surface area contributed by atoms with Crippen LogP contribution in [0.5, 0.6) is 0 Å². The first-order valence-electron chi connectivity index (χ1n) is 8.69. The molecule has 0 N–H and O–H groups in total. The average Bonchev–Trinajstić information content (AvgIpc) is 3.32. The molecule has 11 heteroatoms. The van der Waals surface area contributed by atoms with Gasteiger partial charge in [-0.05, 0) is 22.6 Å². The van der Waals surface area contributed by atoms with E-state index in [4.69, 9.17) is 9.47 Å². The van der Waals surface area contributed by atoms with Gasteiger partial charge in [-0.2, -0.15) is 15.0 Å². The number of tetrazole rings is 1. The first-order chi connectivity index (χ1) is 13.2. The van der Waals surface area contributed by atoms with Crippen LogP contribution in [0.3, 0.4) is 0 Å². The highest BCUT2D eigenvalue weighted by Gasteiger charge is 2.29. The van der Waals surface area contributed by atoms with Gasteiger partial charge in [0.05, 0.1) is 26.3 Å². The summed E-state index contributed by atoms with van der Waals surface area (Å²) >= 11 is 0. The molecule has 3 aromatic rings. The second-order valence-electron chi connectivity index (χ2n) is 6.17. The van der Waals surface area contributed by atoms with Gasteiger partial charge in [-0.25, -0.2) is 4.68 Å². The summed E-state index contributed by atoms with van der Waals surface area (Å²) < 4.78 is 12.5. The zero-order valence-corrected chi connectivity index (χ0v) is 14.9. The number of hydrogen-bond acceptors (Lipinski definition) is 8. The monoisotopic (exact) mass is 372 g/mol. The largest absolute Gasteiger partial charge is 0.383 e. The molecule has 1 atom stereocenters. The molecule has 1 saturated heterocycles. The third-order valence-corrected chi connectivity index (χ3v) is 4.38. The van der Waals surface area contributed by atoms with Crippen molar-refractivity contribution >= 4 is 16.9 Å². The molecule has 11 nitrogen and oxygen atoms in total. The highest BCUT2D eigenvalue weighted by molar-refractivity contribution is 5.77. The SMILES string of the molecule is COCCn1nnnc1[C@@H]1CN(C(=O)Cn2nc3ccccc3n2)CCO1. The Morgan fingerprint density at radius 2 is 2.07 bits per heavy atom. The lowest BCUT2D eigenvalue weighted by Gasteiger charge is -2.32. The number of aromatic nitrogens is 7. The van der Waals surface area contributed by atoms with Crippen LogP contribution < -0.4 is 0 Å². The molecule has 4 rings (SSSR count). The van der Waals surface area contributed by atoms with E-state index >= 15 is 0 Å². The molecule has 1 aliphatic heterocycles. The Bertz CT molecular complexity index is 890. The molecule has 0 spiro atoms. The molecule has 1 amide bonds. The van der Waals surface area contributed by atoms with Gasteiger partial charge in [0, 0.05) is 13.7 Å². The highest BCUT2D eigenvalue weighted by atomic mass is 16.5. The molecule has 1 aliphatic rings. The summed E-state index contributed by atoms with van der Waals surface area (Å²) in [5.41, 5.74) is 1.53. The van der Waals surface area contributed by atoms with Crippen molar-refractivity contribution in [1.29, 1.82) is 0 Å². The molecule has 27 heavy (non-hydrogen) atoms. The van der Waals surface area contributed by atoms with Crippen molar-refractivity contribution in [2.75, 3.05) is 33.4 Å². The second kappa shape index (κ2) is 7.76. The Morgan fingerprint density at radius 3 is 2.81 bits per heavy atom. The van der Waals surface area contributed by atoms with Gasteiger partial charge in [-0.15, -0.1) is 5.10 Å². The van der Waals surface area contributed by atoms with E-state index in [2.05, 4.69) is 25.7 Å². The molecular formula is C16H20N8O3. The Balaban J connectivity index is 1.43. The number of amides is 1. The van der Waals surface area contributed by atoms with Crippen molar-refractivity contribution < 1.29 is 14.3 Å². The minimum absolute atomic E-state index is 0.0699. The van der Waals surface area contributed by atoms with E-state index in [1.54, 1.807) is 16.7 Å². The van der Waals surface area contributed by atoms with E-state index in [9.17, 15) is 4.79 Å². The zero-order chi connectivity index (χ0) is 18.6. The number of ether oxygens (including phenoxy) is 2. The first kappa shape index (κ1) is 17.5. The van der Waals surface area contributed by atoms with E-state index in [0.29, 0.717) is 38.7 Å². The molecule has 0 unspecified atom stereocenters. The summed E-state index contributed by atoms with van der Waals surface area (Å²) in [5, 5.41) is 20.4. The maximum atomic E-state index is 12.7. The maximum absolute atomic E-state index is 12.7. The van der Waals surface area contributed by atoms with Crippen LogP contribution in [-0.2, 0) is 27.4 Å². The predicted octanol–water partition coefficient (Wildman–Crippen LogP) is -0.336. The summed E-state index contributed by atoms with van der Waals surface area (Å²) in [6, 6.07) is 7.52. The van der Waals surface area contributed by atoms with Gasteiger partial charge in [0.2, 0.25) is 5.91 Å². The minimum Gasteiger partial charge on any atom is -0.383 e. The van der Waals surface area contributed by atoms with E-state index in [1.807, 2.05) is 24.3 Å². The molecule has 0 bridgehead atoms. The number of morpholine rings is 1. The van der Waals surface area contributed by atoms with E-state index in [1.165, 1.54) is 4.80 Å². The van der Waals surface area contributed by atoms with Crippen LogP contribution >= 0.6 is 0 Å². The molecule has 3 heterocycles. The van der Waals surface area contributed by atoms with Gasteiger partial charge in [0.1, 0.15) is 23.7 Å². The summed E-state index contributed by atoms with van der Waals surface area (Å²) in [5.74, 6) is 0.520. The smallest absolute Gasteiger partial charge is 0.246 e. The lowest BCUT2D eigenvalue weighted by Crippen LogP contribution is -2.44. The summed E-state index contributed by atoms with van der Waals surface area (Å²) in [7, 11) is 1.62. The number of rotatable bonds is 6. The van der Waals surface area contributed by atoms with Gasteiger partial charge in [0.15, 0.2) is 5.82 Å². The van der Waals surface area contributed by atoms with E-state index < -0.39 is 0 Å². The third-order valence-electron chi connectivity index (χ3n) is 4.38. The number of hydrogen-bond donors (Lipinski definition) is 0. The first-order valence-corrected chi connectivity index (χ1v) is 8.69. The number of carbonyl (C=O) groups excluding carboxylic acids is 1. The van der Waals surface area contributed by atoms with Crippen LogP contribution in [0.1, 0.15) is 11.9 Å². The molecule has 142 valence electrons. The van der Waals surface area contributed by atoms with Crippen LogP contribution in [0.4, 0.5) is 0 Å². The fourth-order valence-corrected chi connectivity index (χ4v) is 3.01. The lowest BCUT2D eigenvalue weighted by atomic mass is 10.2. The summed E-state index contributed by atoms with van der Waals surface area (Å²) in [4.78, 5) is 15.9. The third kappa shape index (κ3) is 3.78. The Morgan fingerprint density at radius 1 is 1.30 bits per heavy atom. The number of nitrogens with zero attached hydrogens (tertiary/aromatic N) is 8. The van der Waals surface area contributed by atoms with Crippen molar-refractivity contribution in [2.45, 2.75) is 19.2 Å². The molecular weight excluding hydrogens is 352 g/mol. The molecule has 0 radical (unpaired) electrons. The van der Waals surface area contributed by atoms with E-state index in [-0.39, 0.29) is 18.6 Å². The van der Waals surface area contributed by atoms with E-state index in [0.717, 1.165) is 11.0 Å². The van der Waals surface area contributed by atoms with Gasteiger partial charge < -0.3 is 14.4 Å². The zero-order valence-electron chi connectivity index (χ0n) is 14.9. The van der Waals surface area contributed by atoms with Crippen molar-refractivity contribution in [2.24, 2.45) is 0 Å². The Labute approximate surface area is 154 Å². The minimum atomic E-state index is -0.376. The topological polar surface area (TPSA) is 113 Å². The molecule has 1 fully saturated rings. The molecule has 1 aromatic carbocycles. The number of fused-ring (bicyclic) bond motifs is 1. The fraction of sp³-hybridized carbons (Fsp3) is 0.500. The van der Waals surface area contributed by atoms with Gasteiger partial charge in [0.25, 0.3) is 0 Å². The lowest BCUT2D eigenvalue weighted by molar-refractivity contribution is -0.140. The highest BCUT2D eigenvalue weighted by Crippen LogP contribution is 2.20. The van der Waals surface area contributed by atoms with Crippen LogP contribution in [0.25, 0.3) is 11.0 Å². The van der Waals surface area contributed by atoms with Crippen molar-refractivity contribution in [3.05, 3.63) is 30.1 Å². The quantitative estimate of drug-likeness (QED) is 0.578. The summed E-state index contributed by atoms with van der Waals surface area (Å²) in [6.07, 6.45) is -0.376. The van der Waals surface area contributed by atoms with Crippen LogP contribution in [-0.4, -0.2) is 79.4 Å². The van der Waals surface area contributed by atoms with Gasteiger partial charge >= 0.3 is 0 Å². The number of benzene rings is 1. The fourth-order valence-electron chi connectivity index (χ4n) is 3.01. The second-order valence-corrected chi connectivity index (χ2v) is 6.17. The molecule has 2 aromatic heterocycles. The Kier molecular flexibility index (Phi) is 5.03. The molecule has 0 saturated carbocycles. The van der Waals surface area contributed by atoms with Crippen LogP contribution in [0.2, 0.25) is 0 Å². The maximum Gasteiger partial charge on any atom is 0.246 e. The van der Waals surface area contributed by atoms with Crippen LogP contribution in [0.15, 0.2) is 24.3 Å².